The van der Waals surface area contributed by atoms with Crippen molar-refractivity contribution in [3.8, 4) is 0 Å². The molecule has 2 atom stereocenters. The number of nitrogens with zero attached hydrogens (tertiary/aromatic N) is 1. The fourth-order valence-electron chi connectivity index (χ4n) is 2.47. The molecule has 1 aliphatic rings. The van der Waals surface area contributed by atoms with Crippen LogP contribution in [0.2, 0.25) is 0 Å². The topological polar surface area (TPSA) is 86.7 Å². The fraction of sp³-hybridized carbons (Fsp3) is 0.438. The fourth-order valence-corrected chi connectivity index (χ4v) is 2.47. The quantitative estimate of drug-likeness (QED) is 0.852. The van der Waals surface area contributed by atoms with E-state index in [0.717, 1.165) is 11.1 Å². The Morgan fingerprint density at radius 1 is 1.36 bits per heavy atom. The SMILES string of the molecule is Cc1ccc(CN2C(=O)CC[C@H]2C(=O)N[C@H](C)C(=O)O)cc1. The van der Waals surface area contributed by atoms with Gasteiger partial charge in [0.1, 0.15) is 12.1 Å². The van der Waals surface area contributed by atoms with Gasteiger partial charge in [0.2, 0.25) is 11.8 Å². The van der Waals surface area contributed by atoms with Crippen LogP contribution in [0.15, 0.2) is 24.3 Å². The Kier molecular flexibility index (Phi) is 4.80. The highest BCUT2D eigenvalue weighted by Gasteiger charge is 2.36. The second kappa shape index (κ2) is 6.60. The molecule has 1 aromatic carbocycles. The summed E-state index contributed by atoms with van der Waals surface area (Å²) in [4.78, 5) is 36.5. The maximum absolute atomic E-state index is 12.2. The van der Waals surface area contributed by atoms with Crippen molar-refractivity contribution in [2.24, 2.45) is 0 Å². The highest BCUT2D eigenvalue weighted by molar-refractivity contribution is 5.92. The second-order valence-electron chi connectivity index (χ2n) is 5.63. The van der Waals surface area contributed by atoms with E-state index in [4.69, 9.17) is 5.11 Å². The van der Waals surface area contributed by atoms with E-state index >= 15 is 0 Å². The third kappa shape index (κ3) is 3.63. The molecule has 0 spiro atoms. The van der Waals surface area contributed by atoms with Crippen LogP contribution in [0.4, 0.5) is 0 Å². The normalized spacial score (nSPS) is 19.1. The first kappa shape index (κ1) is 16.0. The molecule has 2 rings (SSSR count). The molecule has 0 radical (unpaired) electrons. The molecule has 0 aliphatic carbocycles. The molecule has 0 unspecified atom stereocenters. The van der Waals surface area contributed by atoms with E-state index in [9.17, 15) is 14.4 Å². The molecule has 1 fully saturated rings. The second-order valence-corrected chi connectivity index (χ2v) is 5.63. The number of carboxylic acid groups (broad SMARTS) is 1. The number of aliphatic carboxylic acids is 1. The third-order valence-corrected chi connectivity index (χ3v) is 3.83. The molecule has 0 saturated carbocycles. The number of likely N-dealkylation sites (tertiary alicyclic amines) is 1. The number of hydrogen-bond donors (Lipinski definition) is 2. The summed E-state index contributed by atoms with van der Waals surface area (Å²) in [7, 11) is 0. The first-order valence-corrected chi connectivity index (χ1v) is 7.26. The van der Waals surface area contributed by atoms with E-state index in [1.54, 1.807) is 0 Å². The Bertz CT molecular complexity index is 582. The average Bonchev–Trinajstić information content (AvgIpc) is 2.82. The largest absolute Gasteiger partial charge is 0.480 e. The van der Waals surface area contributed by atoms with Gasteiger partial charge in [0.05, 0.1) is 0 Å². The van der Waals surface area contributed by atoms with Crippen molar-refractivity contribution >= 4 is 17.8 Å². The van der Waals surface area contributed by atoms with Gasteiger partial charge in [-0.1, -0.05) is 29.8 Å². The highest BCUT2D eigenvalue weighted by Crippen LogP contribution is 2.22. The maximum atomic E-state index is 12.2. The summed E-state index contributed by atoms with van der Waals surface area (Å²) < 4.78 is 0. The van der Waals surface area contributed by atoms with Gasteiger partial charge in [0.15, 0.2) is 0 Å². The van der Waals surface area contributed by atoms with Crippen LogP contribution in [-0.4, -0.2) is 39.9 Å². The Morgan fingerprint density at radius 3 is 2.59 bits per heavy atom. The molecule has 1 aliphatic heterocycles. The van der Waals surface area contributed by atoms with Crippen molar-refractivity contribution in [3.05, 3.63) is 35.4 Å². The van der Waals surface area contributed by atoms with Crippen molar-refractivity contribution in [2.45, 2.75) is 45.3 Å². The summed E-state index contributed by atoms with van der Waals surface area (Å²) >= 11 is 0. The van der Waals surface area contributed by atoms with E-state index in [1.807, 2.05) is 31.2 Å². The number of carbonyl (C=O) groups excluding carboxylic acids is 2. The molecule has 0 bridgehead atoms. The molecule has 6 nitrogen and oxygen atoms in total. The molecule has 1 saturated heterocycles. The van der Waals surface area contributed by atoms with Crippen molar-refractivity contribution in [1.29, 1.82) is 0 Å². The predicted molar refractivity (Wildman–Crippen MR) is 80.0 cm³/mol. The van der Waals surface area contributed by atoms with Crippen LogP contribution in [0, 0.1) is 6.92 Å². The molecule has 6 heteroatoms. The van der Waals surface area contributed by atoms with Crippen molar-refractivity contribution < 1.29 is 19.5 Å². The molecule has 118 valence electrons. The van der Waals surface area contributed by atoms with Gasteiger partial charge in [-0.05, 0) is 25.8 Å². The van der Waals surface area contributed by atoms with Crippen molar-refractivity contribution in [1.82, 2.24) is 10.2 Å². The highest BCUT2D eigenvalue weighted by atomic mass is 16.4. The summed E-state index contributed by atoms with van der Waals surface area (Å²) in [5, 5.41) is 11.3. The third-order valence-electron chi connectivity index (χ3n) is 3.83. The Morgan fingerprint density at radius 2 is 2.00 bits per heavy atom. The lowest BCUT2D eigenvalue weighted by molar-refractivity contribution is -0.142. The maximum Gasteiger partial charge on any atom is 0.325 e. The van der Waals surface area contributed by atoms with Crippen molar-refractivity contribution in [3.63, 3.8) is 0 Å². The minimum Gasteiger partial charge on any atom is -0.480 e. The van der Waals surface area contributed by atoms with Gasteiger partial charge in [-0.15, -0.1) is 0 Å². The minimum atomic E-state index is -1.09. The lowest BCUT2D eigenvalue weighted by Crippen LogP contribution is -2.48. The number of hydrogen-bond acceptors (Lipinski definition) is 3. The molecular formula is C16H20N2O4. The number of benzene rings is 1. The van der Waals surface area contributed by atoms with Crippen molar-refractivity contribution in [2.75, 3.05) is 0 Å². The van der Waals surface area contributed by atoms with Gasteiger partial charge >= 0.3 is 5.97 Å². The molecule has 2 amide bonds. The van der Waals surface area contributed by atoms with Gasteiger partial charge < -0.3 is 15.3 Å². The van der Waals surface area contributed by atoms with Gasteiger partial charge in [-0.2, -0.15) is 0 Å². The average molecular weight is 304 g/mol. The zero-order valence-corrected chi connectivity index (χ0v) is 12.7. The van der Waals surface area contributed by atoms with Crippen LogP contribution in [-0.2, 0) is 20.9 Å². The predicted octanol–water partition coefficient (Wildman–Crippen LogP) is 1.08. The van der Waals surface area contributed by atoms with E-state index in [-0.39, 0.29) is 5.91 Å². The Hall–Kier alpha value is -2.37. The number of carboxylic acids is 1. The van der Waals surface area contributed by atoms with Gasteiger partial charge in [0.25, 0.3) is 0 Å². The molecule has 2 N–H and O–H groups in total. The zero-order chi connectivity index (χ0) is 16.3. The minimum absolute atomic E-state index is 0.0799. The van der Waals surface area contributed by atoms with Gasteiger partial charge in [0, 0.05) is 13.0 Å². The summed E-state index contributed by atoms with van der Waals surface area (Å²) in [6.45, 7) is 3.74. The first-order valence-electron chi connectivity index (χ1n) is 7.26. The molecule has 1 aromatic rings. The van der Waals surface area contributed by atoms with Crippen LogP contribution in [0.3, 0.4) is 0 Å². The first-order chi connectivity index (χ1) is 10.4. The Balaban J connectivity index is 2.07. The van der Waals surface area contributed by atoms with Crippen LogP contribution in [0.5, 0.6) is 0 Å². The Labute approximate surface area is 129 Å². The summed E-state index contributed by atoms with van der Waals surface area (Å²) in [6, 6.07) is 6.19. The van der Waals surface area contributed by atoms with Crippen LogP contribution in [0.1, 0.15) is 30.9 Å². The van der Waals surface area contributed by atoms with Crippen LogP contribution in [0.25, 0.3) is 0 Å². The monoisotopic (exact) mass is 304 g/mol. The smallest absolute Gasteiger partial charge is 0.325 e. The van der Waals surface area contributed by atoms with E-state index in [1.165, 1.54) is 11.8 Å². The number of amides is 2. The van der Waals surface area contributed by atoms with Crippen LogP contribution >= 0.6 is 0 Å². The van der Waals surface area contributed by atoms with Gasteiger partial charge in [-0.3, -0.25) is 14.4 Å². The number of rotatable bonds is 5. The van der Waals surface area contributed by atoms with E-state index in [0.29, 0.717) is 19.4 Å². The lowest BCUT2D eigenvalue weighted by Gasteiger charge is -2.25. The van der Waals surface area contributed by atoms with E-state index < -0.39 is 24.0 Å². The van der Waals surface area contributed by atoms with Gasteiger partial charge in [-0.25, -0.2) is 0 Å². The summed E-state index contributed by atoms with van der Waals surface area (Å²) in [5.41, 5.74) is 2.08. The summed E-state index contributed by atoms with van der Waals surface area (Å²) in [6.07, 6.45) is 0.730. The zero-order valence-electron chi connectivity index (χ0n) is 12.7. The van der Waals surface area contributed by atoms with Crippen LogP contribution < -0.4 is 5.32 Å². The molecule has 1 heterocycles. The molecule has 22 heavy (non-hydrogen) atoms. The van der Waals surface area contributed by atoms with E-state index in [2.05, 4.69) is 5.32 Å². The lowest BCUT2D eigenvalue weighted by atomic mass is 10.1. The summed E-state index contributed by atoms with van der Waals surface area (Å²) in [5.74, 6) is -1.58. The molecular weight excluding hydrogens is 284 g/mol. The number of carbonyl (C=O) groups is 3. The standard InChI is InChI=1S/C16H20N2O4/c1-10-3-5-12(6-4-10)9-18-13(7-8-14(18)19)15(20)17-11(2)16(21)22/h3-6,11,13H,7-9H2,1-2H3,(H,17,20)(H,21,22)/t11-,13+/m1/s1. The molecule has 0 aromatic heterocycles. The number of nitrogens with one attached hydrogen (secondary N) is 1. The number of aryl methyl sites for hydroxylation is 1.